The second kappa shape index (κ2) is 9.54. The number of para-hydroxylation sites is 1. The van der Waals surface area contributed by atoms with Gasteiger partial charge in [0.1, 0.15) is 0 Å². The second-order valence-electron chi connectivity index (χ2n) is 9.71. The normalized spacial score (nSPS) is 23.0. The van der Waals surface area contributed by atoms with Crippen molar-refractivity contribution in [1.29, 1.82) is 0 Å². The fraction of sp³-hybridized carbons (Fsp3) is 0.423. The molecule has 2 fully saturated rings. The number of carbonyl (C=O) groups is 1. The predicted octanol–water partition coefficient (Wildman–Crippen LogP) is 6.34. The Morgan fingerprint density at radius 2 is 1.62 bits per heavy atom. The Bertz CT molecular complexity index is 1270. The molecule has 3 atom stereocenters. The Morgan fingerprint density at radius 3 is 2.27 bits per heavy atom. The summed E-state index contributed by atoms with van der Waals surface area (Å²) in [5.74, 6) is -0.428. The van der Waals surface area contributed by atoms with Crippen molar-refractivity contribution in [2.45, 2.75) is 49.7 Å². The number of amides is 1. The zero-order chi connectivity index (χ0) is 26.5. The van der Waals surface area contributed by atoms with E-state index < -0.39 is 41.0 Å². The van der Waals surface area contributed by atoms with Gasteiger partial charge in [-0.15, -0.1) is 11.6 Å². The van der Waals surface area contributed by atoms with E-state index in [2.05, 4.69) is 9.88 Å². The Balaban J connectivity index is 1.53. The fourth-order valence-electron chi connectivity index (χ4n) is 5.61. The third-order valence-corrected chi connectivity index (χ3v) is 7.80. The number of rotatable bonds is 4. The summed E-state index contributed by atoms with van der Waals surface area (Å²) in [6, 6.07) is 8.26. The minimum absolute atomic E-state index is 0.0418. The van der Waals surface area contributed by atoms with Gasteiger partial charge in [0, 0.05) is 59.8 Å². The van der Waals surface area contributed by atoms with Crippen molar-refractivity contribution < 1.29 is 31.1 Å². The highest BCUT2D eigenvalue weighted by Crippen LogP contribution is 2.38. The summed E-state index contributed by atoms with van der Waals surface area (Å²) in [5.41, 5.74) is -1.80. The summed E-state index contributed by atoms with van der Waals surface area (Å²) >= 11 is 6.17. The lowest BCUT2D eigenvalue weighted by molar-refractivity contribution is -0.143. The van der Waals surface area contributed by atoms with Crippen LogP contribution < -0.4 is 0 Å². The minimum atomic E-state index is -5.03. The molecule has 3 aromatic rings. The number of halogens is 7. The van der Waals surface area contributed by atoms with Crippen LogP contribution in [-0.2, 0) is 18.8 Å². The summed E-state index contributed by atoms with van der Waals surface area (Å²) < 4.78 is 80.8. The van der Waals surface area contributed by atoms with E-state index in [-0.39, 0.29) is 24.7 Å². The number of piperazine rings is 1. The zero-order valence-electron chi connectivity index (χ0n) is 19.5. The van der Waals surface area contributed by atoms with Crippen molar-refractivity contribution in [3.63, 3.8) is 0 Å². The van der Waals surface area contributed by atoms with Crippen LogP contribution in [0.5, 0.6) is 0 Å². The van der Waals surface area contributed by atoms with Crippen molar-refractivity contribution in [3.05, 3.63) is 70.9 Å². The van der Waals surface area contributed by atoms with Crippen LogP contribution >= 0.6 is 11.6 Å². The number of aromatic amines is 1. The molecule has 1 aromatic heterocycles. The lowest BCUT2D eigenvalue weighted by atomic mass is 9.97. The van der Waals surface area contributed by atoms with Crippen LogP contribution in [-0.4, -0.2) is 57.8 Å². The number of hydrogen-bond donors (Lipinski definition) is 1. The van der Waals surface area contributed by atoms with Crippen LogP contribution in [0.2, 0.25) is 0 Å². The Labute approximate surface area is 214 Å². The van der Waals surface area contributed by atoms with Crippen LogP contribution in [0.3, 0.4) is 0 Å². The lowest BCUT2D eigenvalue weighted by Crippen LogP contribution is -2.60. The molecule has 0 bridgehead atoms. The van der Waals surface area contributed by atoms with Gasteiger partial charge in [0.05, 0.1) is 11.1 Å². The van der Waals surface area contributed by atoms with Crippen molar-refractivity contribution in [3.8, 4) is 0 Å². The number of aromatic nitrogens is 1. The summed E-state index contributed by atoms with van der Waals surface area (Å²) in [4.78, 5) is 20.5. The second-order valence-corrected chi connectivity index (χ2v) is 10.0. The quantitative estimate of drug-likeness (QED) is 0.308. The van der Waals surface area contributed by atoms with E-state index in [9.17, 15) is 31.1 Å². The molecule has 2 saturated heterocycles. The molecule has 2 aromatic carbocycles. The first-order valence-corrected chi connectivity index (χ1v) is 12.5. The Morgan fingerprint density at radius 1 is 0.946 bits per heavy atom. The van der Waals surface area contributed by atoms with Gasteiger partial charge in [0.25, 0.3) is 5.91 Å². The highest BCUT2D eigenvalue weighted by atomic mass is 35.5. The predicted molar refractivity (Wildman–Crippen MR) is 128 cm³/mol. The molecule has 0 aliphatic carbocycles. The number of H-pyrrole nitrogens is 1. The Kier molecular flexibility index (Phi) is 6.68. The zero-order valence-corrected chi connectivity index (χ0v) is 20.3. The molecule has 4 nitrogen and oxygen atoms in total. The molecule has 11 heteroatoms. The van der Waals surface area contributed by atoms with Gasteiger partial charge in [-0.1, -0.05) is 18.2 Å². The van der Waals surface area contributed by atoms with E-state index in [1.165, 1.54) is 4.90 Å². The molecular formula is C26H24ClF6N3O. The molecule has 2 aliphatic rings. The van der Waals surface area contributed by atoms with E-state index in [1.54, 1.807) is 0 Å². The van der Waals surface area contributed by atoms with Crippen LogP contribution in [0.15, 0.2) is 48.7 Å². The molecule has 0 spiro atoms. The Hall–Kier alpha value is -2.72. The number of benzene rings is 2. The van der Waals surface area contributed by atoms with Gasteiger partial charge in [0.2, 0.25) is 0 Å². The first kappa shape index (κ1) is 25.9. The third-order valence-electron chi connectivity index (χ3n) is 7.44. The topological polar surface area (TPSA) is 39.3 Å². The van der Waals surface area contributed by atoms with Crippen molar-refractivity contribution in [2.24, 2.45) is 0 Å². The van der Waals surface area contributed by atoms with E-state index in [0.29, 0.717) is 31.0 Å². The average Bonchev–Trinajstić information content (AvgIpc) is 3.45. The van der Waals surface area contributed by atoms with Crippen LogP contribution in [0.25, 0.3) is 10.9 Å². The lowest BCUT2D eigenvalue weighted by Gasteiger charge is -2.45. The molecular weight excluding hydrogens is 520 g/mol. The largest absolute Gasteiger partial charge is 0.416 e. The van der Waals surface area contributed by atoms with Gasteiger partial charge in [-0.3, -0.25) is 9.69 Å². The average molecular weight is 544 g/mol. The van der Waals surface area contributed by atoms with Crippen molar-refractivity contribution in [2.75, 3.05) is 19.0 Å². The molecule has 198 valence electrons. The number of alkyl halides is 7. The highest BCUT2D eigenvalue weighted by Gasteiger charge is 2.44. The molecule has 3 unspecified atom stereocenters. The number of hydrogen-bond acceptors (Lipinski definition) is 2. The van der Waals surface area contributed by atoms with Crippen LogP contribution in [0, 0.1) is 0 Å². The van der Waals surface area contributed by atoms with E-state index >= 15 is 0 Å². The van der Waals surface area contributed by atoms with Crippen LogP contribution in [0.4, 0.5) is 26.3 Å². The van der Waals surface area contributed by atoms with Crippen LogP contribution in [0.1, 0.15) is 39.9 Å². The molecule has 1 N–H and O–H groups in total. The fourth-order valence-corrected chi connectivity index (χ4v) is 5.95. The smallest absolute Gasteiger partial charge is 0.361 e. The standard InChI is InChI=1S/C26H24ClF6N3O/c27-11-19-5-6-20-13-36(21(14-35(19)20)9-16-12-34-23-4-2-1-3-22(16)23)24(37)15-7-17(25(28,29)30)10-18(8-15)26(31,32)33/h1-4,7-8,10,12,19-21,34H,5-6,9,11,13-14H2. The number of nitrogens with zero attached hydrogens (tertiary/aromatic N) is 2. The molecule has 5 rings (SSSR count). The summed E-state index contributed by atoms with van der Waals surface area (Å²) in [5, 5.41) is 0.950. The van der Waals surface area contributed by atoms with Crippen molar-refractivity contribution in [1.82, 2.24) is 14.8 Å². The first-order valence-electron chi connectivity index (χ1n) is 11.9. The van der Waals surface area contributed by atoms with Gasteiger partial charge in [0.15, 0.2) is 0 Å². The molecule has 1 amide bonds. The van der Waals surface area contributed by atoms with Gasteiger partial charge in [-0.2, -0.15) is 26.3 Å². The summed E-state index contributed by atoms with van der Waals surface area (Å²) in [6.07, 6.45) is -6.28. The van der Waals surface area contributed by atoms with Gasteiger partial charge in [-0.25, -0.2) is 0 Å². The maximum absolute atomic E-state index is 13.6. The molecule has 0 radical (unpaired) electrons. The number of nitrogens with one attached hydrogen (secondary N) is 1. The minimum Gasteiger partial charge on any atom is -0.361 e. The summed E-state index contributed by atoms with van der Waals surface area (Å²) in [6.45, 7) is 0.634. The van der Waals surface area contributed by atoms with Crippen molar-refractivity contribution >= 4 is 28.4 Å². The number of carbonyl (C=O) groups excluding carboxylic acids is 1. The SMILES string of the molecule is O=C(c1cc(C(F)(F)F)cc(C(F)(F)F)c1)N1CC2CCC(CCl)N2CC1Cc1c[nH]c2ccccc12. The monoisotopic (exact) mass is 543 g/mol. The van der Waals surface area contributed by atoms with E-state index in [4.69, 9.17) is 11.6 Å². The first-order chi connectivity index (χ1) is 17.5. The number of fused-ring (bicyclic) bond motifs is 2. The molecule has 0 saturated carbocycles. The van der Waals surface area contributed by atoms with E-state index in [0.717, 1.165) is 29.3 Å². The highest BCUT2D eigenvalue weighted by molar-refractivity contribution is 6.18. The molecule has 37 heavy (non-hydrogen) atoms. The maximum Gasteiger partial charge on any atom is 0.416 e. The third kappa shape index (κ3) is 5.05. The summed E-state index contributed by atoms with van der Waals surface area (Å²) in [7, 11) is 0. The van der Waals surface area contributed by atoms with Gasteiger partial charge >= 0.3 is 12.4 Å². The van der Waals surface area contributed by atoms with Gasteiger partial charge in [-0.05, 0) is 49.1 Å². The molecule has 2 aliphatic heterocycles. The molecule has 3 heterocycles. The van der Waals surface area contributed by atoms with Gasteiger partial charge < -0.3 is 9.88 Å². The maximum atomic E-state index is 13.6. The van der Waals surface area contributed by atoms with E-state index in [1.807, 2.05) is 30.5 Å².